The summed E-state index contributed by atoms with van der Waals surface area (Å²) in [6.07, 6.45) is 4.14. The van der Waals surface area contributed by atoms with Gasteiger partial charge in [-0.2, -0.15) is 0 Å². The van der Waals surface area contributed by atoms with Gasteiger partial charge in [-0.15, -0.1) is 12.4 Å². The van der Waals surface area contributed by atoms with Crippen LogP contribution in [0.2, 0.25) is 0 Å². The van der Waals surface area contributed by atoms with Crippen LogP contribution >= 0.6 is 12.4 Å². The minimum atomic E-state index is 0. The largest absolute Gasteiger partial charge is 0.330 e. The van der Waals surface area contributed by atoms with E-state index in [-0.39, 0.29) is 12.4 Å². The fourth-order valence-corrected chi connectivity index (χ4v) is 2.31. The van der Waals surface area contributed by atoms with Crippen LogP contribution in [0.25, 0.3) is 0 Å². The van der Waals surface area contributed by atoms with Crippen LogP contribution in [0.4, 0.5) is 0 Å². The van der Waals surface area contributed by atoms with Gasteiger partial charge in [-0.05, 0) is 43.6 Å². The monoisotopic (exact) mass is 177 g/mol. The van der Waals surface area contributed by atoms with Crippen molar-refractivity contribution in [2.24, 2.45) is 23.5 Å². The fraction of sp³-hybridized carbons (Fsp3) is 1.00. The Morgan fingerprint density at radius 3 is 1.91 bits per heavy atom. The average Bonchev–Trinajstić information content (AvgIpc) is 1.85. The Kier molecular flexibility index (Phi) is 5.11. The minimum Gasteiger partial charge on any atom is -0.330 e. The number of halogens is 1. The topological polar surface area (TPSA) is 26.0 Å². The van der Waals surface area contributed by atoms with E-state index in [1.165, 1.54) is 19.3 Å². The maximum Gasteiger partial charge on any atom is -0.00487 e. The summed E-state index contributed by atoms with van der Waals surface area (Å²) in [6.45, 7) is 5.59. The summed E-state index contributed by atoms with van der Waals surface area (Å²) in [6, 6.07) is 0. The molecule has 0 aromatic rings. The fourth-order valence-electron chi connectivity index (χ4n) is 2.31. The van der Waals surface area contributed by atoms with Gasteiger partial charge in [0.05, 0.1) is 0 Å². The first-order chi connectivity index (χ1) is 4.72. The van der Waals surface area contributed by atoms with Crippen LogP contribution in [0.15, 0.2) is 0 Å². The molecule has 0 radical (unpaired) electrons. The van der Waals surface area contributed by atoms with Gasteiger partial charge >= 0.3 is 0 Å². The van der Waals surface area contributed by atoms with E-state index in [0.717, 1.165) is 24.3 Å². The molecule has 1 aliphatic carbocycles. The molecule has 2 heteroatoms. The standard InChI is InChI=1S/C9H19N.ClH/c1-7-3-8(2)5-9(4-7)6-10;/h7-9H,3-6,10H2,1-2H3;1H. The van der Waals surface area contributed by atoms with Crippen molar-refractivity contribution < 1.29 is 0 Å². The Balaban J connectivity index is 0.000001000. The lowest BCUT2D eigenvalue weighted by Crippen LogP contribution is -2.25. The van der Waals surface area contributed by atoms with Gasteiger partial charge < -0.3 is 5.73 Å². The van der Waals surface area contributed by atoms with Crippen LogP contribution in [-0.2, 0) is 0 Å². The summed E-state index contributed by atoms with van der Waals surface area (Å²) in [5.74, 6) is 2.65. The Morgan fingerprint density at radius 2 is 1.55 bits per heavy atom. The molecule has 1 saturated carbocycles. The van der Waals surface area contributed by atoms with E-state index in [9.17, 15) is 0 Å². The van der Waals surface area contributed by atoms with Crippen molar-refractivity contribution in [2.75, 3.05) is 6.54 Å². The normalized spacial score (nSPS) is 37.9. The lowest BCUT2D eigenvalue weighted by Gasteiger charge is -2.30. The van der Waals surface area contributed by atoms with Gasteiger partial charge in [-0.3, -0.25) is 0 Å². The van der Waals surface area contributed by atoms with E-state index in [2.05, 4.69) is 13.8 Å². The van der Waals surface area contributed by atoms with E-state index < -0.39 is 0 Å². The SMILES string of the molecule is CC1CC(C)CC(CN)C1.Cl. The number of hydrogen-bond donors (Lipinski definition) is 1. The van der Waals surface area contributed by atoms with E-state index >= 15 is 0 Å². The minimum absolute atomic E-state index is 0. The van der Waals surface area contributed by atoms with Crippen molar-refractivity contribution in [3.05, 3.63) is 0 Å². The van der Waals surface area contributed by atoms with Crippen molar-refractivity contribution in [3.8, 4) is 0 Å². The number of rotatable bonds is 1. The molecule has 0 bridgehead atoms. The first-order valence-electron chi connectivity index (χ1n) is 4.42. The molecule has 1 rings (SSSR count). The second-order valence-electron chi connectivity index (χ2n) is 4.02. The molecule has 1 fully saturated rings. The summed E-state index contributed by atoms with van der Waals surface area (Å²) in [4.78, 5) is 0. The third-order valence-electron chi connectivity index (χ3n) is 2.61. The molecule has 1 aliphatic rings. The van der Waals surface area contributed by atoms with Crippen LogP contribution in [0.1, 0.15) is 33.1 Å². The Hall–Kier alpha value is 0.250. The van der Waals surface area contributed by atoms with Gasteiger partial charge in [0.25, 0.3) is 0 Å². The molecule has 0 amide bonds. The quantitative estimate of drug-likeness (QED) is 0.655. The second-order valence-corrected chi connectivity index (χ2v) is 4.02. The van der Waals surface area contributed by atoms with Crippen LogP contribution in [0, 0.1) is 17.8 Å². The predicted octanol–water partition coefficient (Wildman–Crippen LogP) is 2.44. The van der Waals surface area contributed by atoms with Crippen molar-refractivity contribution in [3.63, 3.8) is 0 Å². The highest BCUT2D eigenvalue weighted by molar-refractivity contribution is 5.85. The van der Waals surface area contributed by atoms with Crippen molar-refractivity contribution >= 4 is 12.4 Å². The van der Waals surface area contributed by atoms with E-state index in [0.29, 0.717) is 0 Å². The molecule has 68 valence electrons. The summed E-state index contributed by atoms with van der Waals surface area (Å²) < 4.78 is 0. The molecule has 0 heterocycles. The van der Waals surface area contributed by atoms with Gasteiger partial charge in [0.1, 0.15) is 0 Å². The highest BCUT2D eigenvalue weighted by Gasteiger charge is 2.22. The summed E-state index contributed by atoms with van der Waals surface area (Å²) >= 11 is 0. The molecular formula is C9H20ClN. The average molecular weight is 178 g/mol. The third kappa shape index (κ3) is 3.44. The molecule has 11 heavy (non-hydrogen) atoms. The first-order valence-corrected chi connectivity index (χ1v) is 4.42. The van der Waals surface area contributed by atoms with E-state index in [1.54, 1.807) is 0 Å². The zero-order valence-corrected chi connectivity index (χ0v) is 8.36. The predicted molar refractivity (Wildman–Crippen MR) is 52.0 cm³/mol. The van der Waals surface area contributed by atoms with E-state index in [1.807, 2.05) is 0 Å². The summed E-state index contributed by atoms with van der Waals surface area (Å²) in [5, 5.41) is 0. The molecule has 0 aromatic heterocycles. The summed E-state index contributed by atoms with van der Waals surface area (Å²) in [5.41, 5.74) is 5.63. The molecule has 1 nitrogen and oxygen atoms in total. The zero-order valence-electron chi connectivity index (χ0n) is 7.55. The molecule has 2 atom stereocenters. The maximum atomic E-state index is 5.63. The van der Waals surface area contributed by atoms with Gasteiger partial charge in [-0.1, -0.05) is 13.8 Å². The molecular weight excluding hydrogens is 158 g/mol. The second kappa shape index (κ2) is 5.00. The van der Waals surface area contributed by atoms with Crippen LogP contribution in [-0.4, -0.2) is 6.54 Å². The molecule has 0 spiro atoms. The molecule has 0 saturated heterocycles. The zero-order chi connectivity index (χ0) is 7.56. The van der Waals surface area contributed by atoms with Gasteiger partial charge in [-0.25, -0.2) is 0 Å². The first kappa shape index (κ1) is 11.2. The smallest absolute Gasteiger partial charge is 0.00487 e. The van der Waals surface area contributed by atoms with Crippen molar-refractivity contribution in [1.29, 1.82) is 0 Å². The lowest BCUT2D eigenvalue weighted by atomic mass is 9.77. The Morgan fingerprint density at radius 1 is 1.09 bits per heavy atom. The highest BCUT2D eigenvalue weighted by atomic mass is 35.5. The van der Waals surface area contributed by atoms with Crippen molar-refractivity contribution in [2.45, 2.75) is 33.1 Å². The number of hydrogen-bond acceptors (Lipinski definition) is 1. The Bertz CT molecular complexity index is 95.7. The van der Waals surface area contributed by atoms with Crippen LogP contribution < -0.4 is 5.73 Å². The van der Waals surface area contributed by atoms with Gasteiger partial charge in [0, 0.05) is 0 Å². The lowest BCUT2D eigenvalue weighted by molar-refractivity contribution is 0.224. The van der Waals surface area contributed by atoms with Gasteiger partial charge in [0.2, 0.25) is 0 Å². The molecule has 0 aromatic carbocycles. The molecule has 2 N–H and O–H groups in total. The van der Waals surface area contributed by atoms with E-state index in [4.69, 9.17) is 5.73 Å². The van der Waals surface area contributed by atoms with Crippen molar-refractivity contribution in [1.82, 2.24) is 0 Å². The van der Waals surface area contributed by atoms with Gasteiger partial charge in [0.15, 0.2) is 0 Å². The maximum absolute atomic E-state index is 5.63. The van der Waals surface area contributed by atoms with Crippen LogP contribution in [0.5, 0.6) is 0 Å². The summed E-state index contributed by atoms with van der Waals surface area (Å²) in [7, 11) is 0. The van der Waals surface area contributed by atoms with Crippen LogP contribution in [0.3, 0.4) is 0 Å². The highest BCUT2D eigenvalue weighted by Crippen LogP contribution is 2.31. The third-order valence-corrected chi connectivity index (χ3v) is 2.61. The molecule has 0 aliphatic heterocycles. The Labute approximate surface area is 76.1 Å². The number of nitrogens with two attached hydrogens (primary N) is 1. The molecule has 2 unspecified atom stereocenters.